The van der Waals surface area contributed by atoms with E-state index in [9.17, 15) is 26.4 Å². The van der Waals surface area contributed by atoms with Crippen LogP contribution in [0.25, 0.3) is 0 Å². The van der Waals surface area contributed by atoms with Gasteiger partial charge >= 0.3 is 6.18 Å². The molecule has 0 atom stereocenters. The molecule has 1 fully saturated rings. The molecule has 0 spiro atoms. The highest BCUT2D eigenvalue weighted by molar-refractivity contribution is 7.91. The molecule has 2 rings (SSSR count). The first-order valence-electron chi connectivity index (χ1n) is 6.21. The van der Waals surface area contributed by atoms with Crippen LogP contribution < -0.4 is 5.32 Å². The monoisotopic (exact) mass is 322 g/mol. The lowest BCUT2D eigenvalue weighted by Crippen LogP contribution is -2.41. The normalized spacial score (nSPS) is 19.2. The third-order valence-electron chi connectivity index (χ3n) is 3.26. The molecule has 0 saturated carbocycles. The standard InChI is InChI=1S/C12H13F3N2O3S/c13-12(14,15)10-1-4-16-7-9(10)11(18)17-8-2-5-21(19,20)6-3-8/h1,4,7-8H,2-3,5-6H2,(H,17,18). The van der Waals surface area contributed by atoms with E-state index in [1.165, 1.54) is 0 Å². The molecule has 21 heavy (non-hydrogen) atoms. The highest BCUT2D eigenvalue weighted by Crippen LogP contribution is 2.31. The molecule has 1 aliphatic heterocycles. The molecule has 0 aromatic carbocycles. The van der Waals surface area contributed by atoms with Crippen molar-refractivity contribution in [3.63, 3.8) is 0 Å². The van der Waals surface area contributed by atoms with Crippen molar-refractivity contribution in [2.75, 3.05) is 11.5 Å². The van der Waals surface area contributed by atoms with Crippen molar-refractivity contribution in [1.82, 2.24) is 10.3 Å². The number of carbonyl (C=O) groups is 1. The molecule has 0 aliphatic carbocycles. The Labute approximate surface area is 119 Å². The van der Waals surface area contributed by atoms with Crippen LogP contribution in [0.2, 0.25) is 0 Å². The third kappa shape index (κ3) is 3.93. The summed E-state index contributed by atoms with van der Waals surface area (Å²) in [5, 5.41) is 2.44. The Bertz CT molecular complexity index is 629. The molecule has 0 unspecified atom stereocenters. The highest BCUT2D eigenvalue weighted by atomic mass is 32.2. The van der Waals surface area contributed by atoms with Crippen molar-refractivity contribution >= 4 is 15.7 Å². The molecule has 1 N–H and O–H groups in total. The first kappa shape index (κ1) is 15.7. The minimum absolute atomic E-state index is 0.0723. The zero-order valence-corrected chi connectivity index (χ0v) is 11.7. The molecular weight excluding hydrogens is 309 g/mol. The maximum absolute atomic E-state index is 12.8. The van der Waals surface area contributed by atoms with Crippen molar-refractivity contribution in [1.29, 1.82) is 0 Å². The number of hydrogen-bond acceptors (Lipinski definition) is 4. The molecule has 5 nitrogen and oxygen atoms in total. The molecule has 2 heterocycles. The number of hydrogen-bond donors (Lipinski definition) is 1. The van der Waals surface area contributed by atoms with Gasteiger partial charge in [0.15, 0.2) is 0 Å². The number of rotatable bonds is 2. The summed E-state index contributed by atoms with van der Waals surface area (Å²) in [6.45, 7) is 0. The minimum atomic E-state index is -4.65. The van der Waals surface area contributed by atoms with E-state index in [1.807, 2.05) is 0 Å². The number of amides is 1. The number of alkyl halides is 3. The van der Waals surface area contributed by atoms with Gasteiger partial charge in [0, 0.05) is 18.4 Å². The molecule has 0 radical (unpaired) electrons. The van der Waals surface area contributed by atoms with E-state index in [-0.39, 0.29) is 24.3 Å². The van der Waals surface area contributed by atoms with Crippen molar-refractivity contribution in [2.45, 2.75) is 25.1 Å². The number of aromatic nitrogens is 1. The Kier molecular flexibility index (Phi) is 4.22. The molecule has 1 aromatic rings. The molecule has 1 amide bonds. The number of sulfone groups is 1. The Morgan fingerprint density at radius 2 is 1.90 bits per heavy atom. The van der Waals surface area contributed by atoms with Gasteiger partial charge in [0.05, 0.1) is 22.6 Å². The second-order valence-corrected chi connectivity index (χ2v) is 7.12. The summed E-state index contributed by atoms with van der Waals surface area (Å²) in [6, 6.07) is 0.294. The van der Waals surface area contributed by atoms with Crippen molar-refractivity contribution in [2.24, 2.45) is 0 Å². The molecule has 116 valence electrons. The number of carbonyl (C=O) groups excluding carboxylic acids is 1. The fraction of sp³-hybridized carbons (Fsp3) is 0.500. The lowest BCUT2D eigenvalue weighted by molar-refractivity contribution is -0.138. The van der Waals surface area contributed by atoms with Crippen LogP contribution in [0.5, 0.6) is 0 Å². The summed E-state index contributed by atoms with van der Waals surface area (Å²) in [5.41, 5.74) is -1.61. The molecule has 1 aromatic heterocycles. The summed E-state index contributed by atoms with van der Waals surface area (Å²) in [7, 11) is -3.09. The van der Waals surface area contributed by atoms with E-state index in [0.717, 1.165) is 18.5 Å². The zero-order chi connectivity index (χ0) is 15.7. The van der Waals surface area contributed by atoms with Gasteiger partial charge in [-0.2, -0.15) is 13.2 Å². The lowest BCUT2D eigenvalue weighted by Gasteiger charge is -2.23. The largest absolute Gasteiger partial charge is 0.417 e. The Balaban J connectivity index is 2.12. The van der Waals surface area contributed by atoms with Gasteiger partial charge in [-0.1, -0.05) is 0 Å². The fourth-order valence-corrected chi connectivity index (χ4v) is 3.61. The van der Waals surface area contributed by atoms with Crippen LogP contribution >= 0.6 is 0 Å². The zero-order valence-electron chi connectivity index (χ0n) is 10.9. The van der Waals surface area contributed by atoms with Crippen LogP contribution in [-0.4, -0.2) is 36.9 Å². The van der Waals surface area contributed by atoms with E-state index in [2.05, 4.69) is 10.3 Å². The topological polar surface area (TPSA) is 76.1 Å². The van der Waals surface area contributed by atoms with Crippen molar-refractivity contribution < 1.29 is 26.4 Å². The minimum Gasteiger partial charge on any atom is -0.349 e. The van der Waals surface area contributed by atoms with Crippen LogP contribution in [-0.2, 0) is 16.0 Å². The average Bonchev–Trinajstić information content (AvgIpc) is 2.40. The van der Waals surface area contributed by atoms with Gasteiger partial charge in [0.2, 0.25) is 0 Å². The molecule has 1 saturated heterocycles. The SMILES string of the molecule is O=C(NC1CCS(=O)(=O)CC1)c1cnccc1C(F)(F)F. The maximum atomic E-state index is 12.8. The highest BCUT2D eigenvalue weighted by Gasteiger charge is 2.36. The van der Waals surface area contributed by atoms with Gasteiger partial charge in [0.25, 0.3) is 5.91 Å². The molecule has 0 bridgehead atoms. The number of pyridine rings is 1. The predicted octanol–water partition coefficient (Wildman–Crippen LogP) is 1.41. The van der Waals surface area contributed by atoms with Crippen molar-refractivity contribution in [3.05, 3.63) is 29.6 Å². The Hall–Kier alpha value is -1.64. The summed E-state index contributed by atoms with van der Waals surface area (Å²) in [4.78, 5) is 15.5. The summed E-state index contributed by atoms with van der Waals surface area (Å²) < 4.78 is 60.9. The van der Waals surface area contributed by atoms with E-state index in [1.54, 1.807) is 0 Å². The quantitative estimate of drug-likeness (QED) is 0.893. The lowest BCUT2D eigenvalue weighted by atomic mass is 10.1. The van der Waals surface area contributed by atoms with Gasteiger partial charge in [-0.05, 0) is 18.9 Å². The molecular formula is C12H13F3N2O3S. The second kappa shape index (κ2) is 5.63. The van der Waals surface area contributed by atoms with Crippen LogP contribution in [0.1, 0.15) is 28.8 Å². The first-order valence-corrected chi connectivity index (χ1v) is 8.04. The Morgan fingerprint density at radius 1 is 1.29 bits per heavy atom. The van der Waals surface area contributed by atoms with Crippen LogP contribution in [0.3, 0.4) is 0 Å². The van der Waals surface area contributed by atoms with E-state index in [0.29, 0.717) is 0 Å². The second-order valence-electron chi connectivity index (χ2n) is 4.82. The number of nitrogens with one attached hydrogen (secondary N) is 1. The van der Waals surface area contributed by atoms with E-state index < -0.39 is 39.1 Å². The van der Waals surface area contributed by atoms with Crippen molar-refractivity contribution in [3.8, 4) is 0 Å². The summed E-state index contributed by atoms with van der Waals surface area (Å²) in [5.74, 6) is -1.03. The summed E-state index contributed by atoms with van der Waals surface area (Å²) in [6.07, 6.45) is -2.42. The van der Waals surface area contributed by atoms with Gasteiger partial charge in [-0.25, -0.2) is 8.42 Å². The maximum Gasteiger partial charge on any atom is 0.417 e. The van der Waals surface area contributed by atoms with E-state index >= 15 is 0 Å². The Morgan fingerprint density at radius 3 is 2.48 bits per heavy atom. The number of nitrogens with zero attached hydrogens (tertiary/aromatic N) is 1. The molecule has 9 heteroatoms. The summed E-state index contributed by atoms with van der Waals surface area (Å²) >= 11 is 0. The predicted molar refractivity (Wildman–Crippen MR) is 68.4 cm³/mol. The molecule has 1 aliphatic rings. The van der Waals surface area contributed by atoms with Gasteiger partial charge in [0.1, 0.15) is 9.84 Å². The van der Waals surface area contributed by atoms with Crippen LogP contribution in [0.15, 0.2) is 18.5 Å². The van der Waals surface area contributed by atoms with Gasteiger partial charge < -0.3 is 5.32 Å². The van der Waals surface area contributed by atoms with Gasteiger partial charge in [-0.15, -0.1) is 0 Å². The third-order valence-corrected chi connectivity index (χ3v) is 4.98. The average molecular weight is 322 g/mol. The van der Waals surface area contributed by atoms with Crippen LogP contribution in [0, 0.1) is 0 Å². The fourth-order valence-electron chi connectivity index (χ4n) is 2.12. The number of halogens is 3. The van der Waals surface area contributed by atoms with E-state index in [4.69, 9.17) is 0 Å². The first-order chi connectivity index (χ1) is 9.69. The smallest absolute Gasteiger partial charge is 0.349 e. The van der Waals surface area contributed by atoms with Gasteiger partial charge in [-0.3, -0.25) is 9.78 Å². The van der Waals surface area contributed by atoms with Crippen LogP contribution in [0.4, 0.5) is 13.2 Å².